The van der Waals surface area contributed by atoms with Gasteiger partial charge in [0, 0.05) is 15.7 Å². The molecule has 0 rings (SSSR count). The van der Waals surface area contributed by atoms with Crippen LogP contribution in [0.25, 0.3) is 0 Å². The molecule has 0 aliphatic rings. The summed E-state index contributed by atoms with van der Waals surface area (Å²) in [4.78, 5) is 8.05. The zero-order valence-corrected chi connectivity index (χ0v) is 7.26. The Labute approximate surface area is 65.1 Å². The maximum atomic E-state index is 10.4. The van der Waals surface area contributed by atoms with Gasteiger partial charge in [-0.05, 0) is 4.62 Å². The van der Waals surface area contributed by atoms with Gasteiger partial charge in [0.15, 0.2) is 4.31 Å². The van der Waals surface area contributed by atoms with Crippen molar-refractivity contribution in [2.24, 2.45) is 0 Å². The molecule has 2 unspecified atom stereocenters. The third kappa shape index (κ3) is 7.68. The average molecular weight is 199 g/mol. The van der Waals surface area contributed by atoms with Gasteiger partial charge in [-0.25, -0.2) is 0 Å². The second-order valence-corrected chi connectivity index (χ2v) is 3.03. The van der Waals surface area contributed by atoms with Gasteiger partial charge in [0.2, 0.25) is 0 Å². The van der Waals surface area contributed by atoms with Crippen LogP contribution in [0.2, 0.25) is 0 Å². The minimum Gasteiger partial charge on any atom is -0.145 e. The summed E-state index contributed by atoms with van der Waals surface area (Å²) >= 11 is 0. The van der Waals surface area contributed by atoms with Gasteiger partial charge in [0.1, 0.15) is 0 Å². The smallest absolute Gasteiger partial charge is 0.145 e. The highest BCUT2D eigenvalue weighted by Gasteiger charge is 2.36. The molecule has 0 aliphatic heterocycles. The molecule has 0 fully saturated rings. The topological polar surface area (TPSA) is 84.9 Å². The minimum absolute atomic E-state index is 0.270. The van der Waals surface area contributed by atoms with E-state index in [1.807, 2.05) is 0 Å². The molecule has 0 aromatic rings. The fourth-order valence-corrected chi connectivity index (χ4v) is 0.992. The molecule has 0 saturated heterocycles. The van der Waals surface area contributed by atoms with Crippen molar-refractivity contribution in [1.82, 2.24) is 5.48 Å². The standard InChI is InChI=1S/C3H6NO5P2/c1-2-3-4-8-11(7)9-10(5)6/h2,4H,1,3H2/q+1/p+1. The van der Waals surface area contributed by atoms with Crippen molar-refractivity contribution < 1.29 is 23.0 Å². The lowest BCUT2D eigenvalue weighted by atomic mass is 10.7. The van der Waals surface area contributed by atoms with Gasteiger partial charge >= 0.3 is 16.5 Å². The first-order chi connectivity index (χ1) is 5.16. The number of hydrogen-bond donors (Lipinski definition) is 2. The predicted octanol–water partition coefficient (Wildman–Crippen LogP) is 1.02. The van der Waals surface area contributed by atoms with Crippen molar-refractivity contribution in [2.75, 3.05) is 6.54 Å². The van der Waals surface area contributed by atoms with Gasteiger partial charge in [-0.15, -0.1) is 17.0 Å². The van der Waals surface area contributed by atoms with Crippen LogP contribution in [0, 0.1) is 0 Å². The highest BCUT2D eigenvalue weighted by atomic mass is 31.2. The molecule has 0 bridgehead atoms. The van der Waals surface area contributed by atoms with Crippen LogP contribution in [-0.2, 0) is 18.1 Å². The maximum absolute atomic E-state index is 10.4. The van der Waals surface area contributed by atoms with E-state index in [-0.39, 0.29) is 6.54 Å². The summed E-state index contributed by atoms with van der Waals surface area (Å²) in [5.74, 6) is 0. The van der Waals surface area contributed by atoms with E-state index in [4.69, 9.17) is 4.89 Å². The monoisotopic (exact) mass is 199 g/mol. The SMILES string of the molecule is C=CCNO[P+](=O)O[P+](=O)O. The molecule has 0 radical (unpaired) electrons. The Hall–Kier alpha value is -0.220. The average Bonchev–Trinajstić information content (AvgIpc) is 1.86. The second kappa shape index (κ2) is 6.49. The Morgan fingerprint density at radius 2 is 2.27 bits per heavy atom. The Kier molecular flexibility index (Phi) is 6.36. The third-order valence-electron chi connectivity index (χ3n) is 0.503. The van der Waals surface area contributed by atoms with Crippen LogP contribution in [0.1, 0.15) is 0 Å². The molecule has 0 spiro atoms. The van der Waals surface area contributed by atoms with E-state index >= 15 is 0 Å². The number of nitrogens with one attached hydrogen (secondary N) is 1. The molecule has 8 heteroatoms. The predicted molar refractivity (Wildman–Crippen MR) is 37.8 cm³/mol. The molecular formula is C3H7NO5P2+2. The van der Waals surface area contributed by atoms with Crippen LogP contribution >= 0.6 is 16.5 Å². The zero-order valence-electron chi connectivity index (χ0n) is 5.47. The minimum atomic E-state index is -2.89. The summed E-state index contributed by atoms with van der Waals surface area (Å²) in [5, 5.41) is 0. The molecular weight excluding hydrogens is 192 g/mol. The Morgan fingerprint density at radius 3 is 2.73 bits per heavy atom. The number of hydroxylamine groups is 1. The molecule has 0 aliphatic carbocycles. The van der Waals surface area contributed by atoms with Gasteiger partial charge in [-0.1, -0.05) is 6.08 Å². The van der Waals surface area contributed by atoms with Gasteiger partial charge < -0.3 is 0 Å². The van der Waals surface area contributed by atoms with Crippen LogP contribution in [0.5, 0.6) is 0 Å². The van der Waals surface area contributed by atoms with Crippen molar-refractivity contribution in [3.8, 4) is 0 Å². The lowest BCUT2D eigenvalue weighted by molar-refractivity contribution is 0.195. The first-order valence-electron chi connectivity index (χ1n) is 2.49. The summed E-state index contributed by atoms with van der Waals surface area (Å²) in [6.07, 6.45) is 1.46. The normalized spacial score (nSPS) is 12.5. The van der Waals surface area contributed by atoms with Crippen LogP contribution in [0.15, 0.2) is 12.7 Å². The van der Waals surface area contributed by atoms with Gasteiger partial charge in [0.25, 0.3) is 0 Å². The number of hydrogen-bond acceptors (Lipinski definition) is 5. The summed E-state index contributed by atoms with van der Waals surface area (Å²) in [6, 6.07) is 0. The summed E-state index contributed by atoms with van der Waals surface area (Å²) < 4.78 is 28.3. The van der Waals surface area contributed by atoms with Crippen molar-refractivity contribution in [2.45, 2.75) is 0 Å². The van der Waals surface area contributed by atoms with Crippen LogP contribution in [-0.4, -0.2) is 11.4 Å². The quantitative estimate of drug-likeness (QED) is 0.287. The first-order valence-corrected chi connectivity index (χ1v) is 4.71. The fraction of sp³-hybridized carbons (Fsp3) is 0.333. The van der Waals surface area contributed by atoms with Gasteiger partial charge in [0.05, 0.1) is 0 Å². The van der Waals surface area contributed by atoms with Crippen molar-refractivity contribution in [3.05, 3.63) is 12.7 Å². The fourth-order valence-electron chi connectivity index (χ4n) is 0.223. The first kappa shape index (κ1) is 10.8. The van der Waals surface area contributed by atoms with Crippen molar-refractivity contribution >= 4 is 16.5 Å². The highest BCUT2D eigenvalue weighted by Crippen LogP contribution is 2.34. The van der Waals surface area contributed by atoms with E-state index < -0.39 is 16.5 Å². The van der Waals surface area contributed by atoms with E-state index in [1.165, 1.54) is 6.08 Å². The molecule has 0 saturated carbocycles. The van der Waals surface area contributed by atoms with Crippen LogP contribution in [0.3, 0.4) is 0 Å². The zero-order chi connectivity index (χ0) is 8.69. The Bertz CT molecular complexity index is 171. The largest absolute Gasteiger partial charge is 0.766 e. The van der Waals surface area contributed by atoms with Gasteiger partial charge in [-0.2, -0.15) is 0 Å². The Morgan fingerprint density at radius 1 is 1.64 bits per heavy atom. The molecule has 11 heavy (non-hydrogen) atoms. The van der Waals surface area contributed by atoms with Crippen molar-refractivity contribution in [3.63, 3.8) is 0 Å². The summed E-state index contributed by atoms with van der Waals surface area (Å²) in [5.41, 5.74) is 2.17. The highest BCUT2D eigenvalue weighted by molar-refractivity contribution is 7.47. The Balaban J connectivity index is 3.37. The molecule has 0 aromatic carbocycles. The van der Waals surface area contributed by atoms with E-state index in [9.17, 15) is 9.13 Å². The molecule has 6 nitrogen and oxygen atoms in total. The maximum Gasteiger partial charge on any atom is 0.766 e. The lowest BCUT2D eigenvalue weighted by Gasteiger charge is -1.83. The molecule has 2 atom stereocenters. The molecule has 0 aromatic heterocycles. The number of rotatable bonds is 6. The van der Waals surface area contributed by atoms with E-state index in [1.54, 1.807) is 0 Å². The molecule has 62 valence electrons. The second-order valence-electron chi connectivity index (χ2n) is 1.27. The van der Waals surface area contributed by atoms with E-state index in [0.29, 0.717) is 0 Å². The molecule has 0 amide bonds. The summed E-state index contributed by atoms with van der Waals surface area (Å²) in [6.45, 7) is 3.60. The van der Waals surface area contributed by atoms with Crippen LogP contribution in [0.4, 0.5) is 0 Å². The molecule has 0 heterocycles. The van der Waals surface area contributed by atoms with E-state index in [2.05, 4.69) is 21.0 Å². The van der Waals surface area contributed by atoms with E-state index in [0.717, 1.165) is 0 Å². The molecule has 2 N–H and O–H groups in total. The van der Waals surface area contributed by atoms with Crippen molar-refractivity contribution in [1.29, 1.82) is 0 Å². The summed E-state index contributed by atoms with van der Waals surface area (Å²) in [7, 11) is -5.46. The van der Waals surface area contributed by atoms with Gasteiger partial charge in [-0.3, -0.25) is 0 Å². The van der Waals surface area contributed by atoms with Crippen LogP contribution < -0.4 is 5.48 Å². The lowest BCUT2D eigenvalue weighted by Crippen LogP contribution is -2.08. The third-order valence-corrected chi connectivity index (χ3v) is 1.87.